The Hall–Kier alpha value is -0.705. The third kappa shape index (κ3) is 6.32. The summed E-state index contributed by atoms with van der Waals surface area (Å²) in [5, 5.41) is 0. The molecule has 0 aliphatic rings. The number of hydrogen-bond donors (Lipinski definition) is 0. The Morgan fingerprint density at radius 2 is 1.53 bits per heavy atom. The molecule has 1 aromatic carbocycles. The van der Waals surface area contributed by atoms with Gasteiger partial charge in [-0.05, 0) is 45.3 Å². The van der Waals surface area contributed by atoms with E-state index < -0.39 is 0 Å². The highest BCUT2D eigenvalue weighted by molar-refractivity contribution is 6.61. The average Bonchev–Trinajstić information content (AvgIpc) is 2.35. The van der Waals surface area contributed by atoms with Crippen LogP contribution in [0.3, 0.4) is 0 Å². The van der Waals surface area contributed by atoms with E-state index in [4.69, 9.17) is 25.6 Å². The summed E-state index contributed by atoms with van der Waals surface area (Å²) >= 11 is 5.58. The molecule has 0 fully saturated rings. The van der Waals surface area contributed by atoms with Crippen LogP contribution in [0.25, 0.3) is 0 Å². The number of ether oxygens (including phenoxy) is 1. The van der Waals surface area contributed by atoms with E-state index in [-0.39, 0.29) is 19.3 Å². The molecule has 0 amide bonds. The zero-order chi connectivity index (χ0) is 14.3. The van der Waals surface area contributed by atoms with Crippen LogP contribution in [0.5, 0.6) is 5.75 Å². The Bertz CT molecular complexity index is 344. The van der Waals surface area contributed by atoms with Crippen LogP contribution >= 0.6 is 11.6 Å². The van der Waals surface area contributed by atoms with Gasteiger partial charge in [0, 0.05) is 12.2 Å². The van der Waals surface area contributed by atoms with Crippen LogP contribution in [0.2, 0.25) is 0 Å². The molecule has 0 aliphatic heterocycles. The number of hydrogen-bond acceptors (Lipinski definition) is 3. The van der Waals surface area contributed by atoms with Crippen LogP contribution in [0, 0.1) is 0 Å². The van der Waals surface area contributed by atoms with E-state index >= 15 is 0 Å². The summed E-state index contributed by atoms with van der Waals surface area (Å²) < 4.78 is 17.0. The van der Waals surface area contributed by atoms with E-state index in [1.807, 2.05) is 52.0 Å². The van der Waals surface area contributed by atoms with E-state index in [0.29, 0.717) is 12.5 Å². The number of alkyl halides is 1. The predicted octanol–water partition coefficient (Wildman–Crippen LogP) is 2.85. The molecule has 1 rings (SSSR count). The Kier molecular flexibility index (Phi) is 7.28. The highest BCUT2D eigenvalue weighted by Crippen LogP contribution is 2.09. The molecule has 0 saturated carbocycles. The van der Waals surface area contributed by atoms with Gasteiger partial charge >= 0.3 is 7.12 Å². The van der Waals surface area contributed by atoms with Gasteiger partial charge in [0.25, 0.3) is 0 Å². The zero-order valence-electron chi connectivity index (χ0n) is 12.1. The molecule has 0 bridgehead atoms. The second kappa shape index (κ2) is 8.46. The second-order valence-electron chi connectivity index (χ2n) is 4.81. The maximum atomic E-state index is 5.78. The SMILES string of the molecule is CC(C)OB(OC(C)C)c1ccc(OCCCl)cc1. The van der Waals surface area contributed by atoms with Gasteiger partial charge in [-0.25, -0.2) is 0 Å². The fourth-order valence-electron chi connectivity index (χ4n) is 1.56. The van der Waals surface area contributed by atoms with Gasteiger partial charge in [0.2, 0.25) is 0 Å². The average molecular weight is 285 g/mol. The summed E-state index contributed by atoms with van der Waals surface area (Å²) in [7, 11) is -0.345. The third-order valence-corrected chi connectivity index (χ3v) is 2.44. The number of halogens is 1. The van der Waals surface area contributed by atoms with Gasteiger partial charge in [0.1, 0.15) is 12.4 Å². The minimum Gasteiger partial charge on any atom is -0.492 e. The Labute approximate surface area is 121 Å². The van der Waals surface area contributed by atoms with Gasteiger partial charge in [-0.15, -0.1) is 11.6 Å². The van der Waals surface area contributed by atoms with Gasteiger partial charge in [0.15, 0.2) is 0 Å². The van der Waals surface area contributed by atoms with Crippen LogP contribution in [-0.2, 0) is 9.31 Å². The summed E-state index contributed by atoms with van der Waals surface area (Å²) in [5.74, 6) is 1.29. The van der Waals surface area contributed by atoms with Crippen molar-refractivity contribution in [2.75, 3.05) is 12.5 Å². The molecular weight excluding hydrogens is 262 g/mol. The van der Waals surface area contributed by atoms with Crippen molar-refractivity contribution in [1.82, 2.24) is 0 Å². The maximum Gasteiger partial charge on any atom is 0.494 e. The monoisotopic (exact) mass is 284 g/mol. The quantitative estimate of drug-likeness (QED) is 0.543. The van der Waals surface area contributed by atoms with E-state index in [1.165, 1.54) is 0 Å². The van der Waals surface area contributed by atoms with Crippen molar-refractivity contribution in [2.45, 2.75) is 39.9 Å². The van der Waals surface area contributed by atoms with Gasteiger partial charge in [0.05, 0.1) is 5.88 Å². The van der Waals surface area contributed by atoms with Crippen molar-refractivity contribution in [3.8, 4) is 5.75 Å². The first kappa shape index (κ1) is 16.3. The van der Waals surface area contributed by atoms with Gasteiger partial charge < -0.3 is 14.0 Å². The molecule has 106 valence electrons. The van der Waals surface area contributed by atoms with Crippen molar-refractivity contribution < 1.29 is 14.0 Å². The van der Waals surface area contributed by atoms with Gasteiger partial charge in [-0.3, -0.25) is 0 Å². The first-order valence-corrected chi connectivity index (χ1v) is 7.16. The van der Waals surface area contributed by atoms with E-state index in [0.717, 1.165) is 11.2 Å². The number of benzene rings is 1. The summed E-state index contributed by atoms with van der Waals surface area (Å²) in [5.41, 5.74) is 0.987. The van der Waals surface area contributed by atoms with Crippen LogP contribution < -0.4 is 10.2 Å². The van der Waals surface area contributed by atoms with Crippen LogP contribution in [0.1, 0.15) is 27.7 Å². The van der Waals surface area contributed by atoms with Gasteiger partial charge in [-0.1, -0.05) is 12.1 Å². The summed E-state index contributed by atoms with van der Waals surface area (Å²) in [6.45, 7) is 8.49. The Morgan fingerprint density at radius 1 is 1.00 bits per heavy atom. The van der Waals surface area contributed by atoms with E-state index in [2.05, 4.69) is 0 Å². The maximum absolute atomic E-state index is 5.78. The number of rotatable bonds is 8. The van der Waals surface area contributed by atoms with Crippen molar-refractivity contribution in [3.63, 3.8) is 0 Å². The molecule has 0 atom stereocenters. The molecular formula is C14H22BClO3. The largest absolute Gasteiger partial charge is 0.494 e. The first-order chi connectivity index (χ1) is 9.02. The first-order valence-electron chi connectivity index (χ1n) is 6.62. The standard InChI is InChI=1S/C14H22BClO3/c1-11(2)18-15(19-12(3)4)13-5-7-14(8-6-13)17-10-9-16/h5-8,11-12H,9-10H2,1-4H3. The smallest absolute Gasteiger partial charge is 0.492 e. The molecule has 0 aliphatic carbocycles. The third-order valence-electron chi connectivity index (χ3n) is 2.29. The Balaban J connectivity index is 2.72. The molecule has 0 unspecified atom stereocenters. The van der Waals surface area contributed by atoms with Crippen LogP contribution in [-0.4, -0.2) is 31.8 Å². The summed E-state index contributed by atoms with van der Waals surface area (Å²) in [6, 6.07) is 7.72. The van der Waals surface area contributed by atoms with Crippen molar-refractivity contribution in [2.24, 2.45) is 0 Å². The molecule has 0 aromatic heterocycles. The van der Waals surface area contributed by atoms with Crippen LogP contribution in [0.4, 0.5) is 0 Å². The molecule has 1 aromatic rings. The summed E-state index contributed by atoms with van der Waals surface area (Å²) in [4.78, 5) is 0. The topological polar surface area (TPSA) is 27.7 Å². The molecule has 19 heavy (non-hydrogen) atoms. The molecule has 0 N–H and O–H groups in total. The predicted molar refractivity (Wildman–Crippen MR) is 80.5 cm³/mol. The minimum atomic E-state index is -0.345. The fourth-order valence-corrected chi connectivity index (χ4v) is 1.64. The molecule has 5 heteroatoms. The molecule has 0 saturated heterocycles. The highest BCUT2D eigenvalue weighted by atomic mass is 35.5. The fraction of sp³-hybridized carbons (Fsp3) is 0.571. The van der Waals surface area contributed by atoms with Crippen molar-refractivity contribution in [3.05, 3.63) is 24.3 Å². The van der Waals surface area contributed by atoms with Crippen molar-refractivity contribution >= 4 is 24.2 Å². The van der Waals surface area contributed by atoms with Crippen molar-refractivity contribution in [1.29, 1.82) is 0 Å². The minimum absolute atomic E-state index is 0.107. The summed E-state index contributed by atoms with van der Waals surface area (Å²) in [6.07, 6.45) is 0.215. The highest BCUT2D eigenvalue weighted by Gasteiger charge is 2.23. The van der Waals surface area contributed by atoms with Crippen LogP contribution in [0.15, 0.2) is 24.3 Å². The van der Waals surface area contributed by atoms with Gasteiger partial charge in [-0.2, -0.15) is 0 Å². The zero-order valence-corrected chi connectivity index (χ0v) is 12.8. The lowest BCUT2D eigenvalue weighted by Gasteiger charge is -2.20. The van der Waals surface area contributed by atoms with E-state index in [9.17, 15) is 0 Å². The molecule has 0 heterocycles. The normalized spacial score (nSPS) is 11.1. The lowest BCUT2D eigenvalue weighted by molar-refractivity contribution is 0.139. The lowest BCUT2D eigenvalue weighted by atomic mass is 9.78. The molecule has 3 nitrogen and oxygen atoms in total. The molecule has 0 radical (unpaired) electrons. The lowest BCUT2D eigenvalue weighted by Crippen LogP contribution is -2.40. The second-order valence-corrected chi connectivity index (χ2v) is 5.19. The van der Waals surface area contributed by atoms with E-state index in [1.54, 1.807) is 0 Å². The Morgan fingerprint density at radius 3 is 1.95 bits per heavy atom. The molecule has 0 spiro atoms.